The molecule has 0 saturated carbocycles. The molecule has 116 valence electrons. The Morgan fingerprint density at radius 2 is 1.86 bits per heavy atom. The van der Waals surface area contributed by atoms with Gasteiger partial charge in [-0.05, 0) is 12.1 Å². The van der Waals surface area contributed by atoms with Gasteiger partial charge in [0, 0.05) is 44.8 Å². The fraction of sp³-hybridized carbons (Fsp3) is 0.400. The van der Waals surface area contributed by atoms with Crippen molar-refractivity contribution in [2.45, 2.75) is 0 Å². The summed E-state index contributed by atoms with van der Waals surface area (Å²) in [4.78, 5) is 14.9. The minimum atomic E-state index is 0.409. The lowest BCUT2D eigenvalue weighted by Gasteiger charge is -2.28. The summed E-state index contributed by atoms with van der Waals surface area (Å²) in [6.07, 6.45) is 6.72. The first-order chi connectivity index (χ1) is 10.9. The van der Waals surface area contributed by atoms with E-state index in [4.69, 9.17) is 9.47 Å². The second-order valence-corrected chi connectivity index (χ2v) is 4.81. The third-order valence-corrected chi connectivity index (χ3v) is 3.29. The van der Waals surface area contributed by atoms with E-state index in [0.717, 1.165) is 37.7 Å². The third-order valence-electron chi connectivity index (χ3n) is 3.29. The highest BCUT2D eigenvalue weighted by Crippen LogP contribution is 2.22. The van der Waals surface area contributed by atoms with E-state index in [0.29, 0.717) is 19.1 Å². The molecule has 3 rings (SSSR count). The second kappa shape index (κ2) is 7.56. The standard InChI is InChI=1S/C15H19N5O2/c1-2-13(12-17-3-1)21-10-11-22-15-14(18-4-5-19-15)20-8-6-16-7-9-20/h1-5,12,16H,6-11H2. The van der Waals surface area contributed by atoms with Gasteiger partial charge in [-0.25, -0.2) is 9.97 Å². The zero-order valence-corrected chi connectivity index (χ0v) is 12.3. The Kier molecular flexibility index (Phi) is 4.99. The van der Waals surface area contributed by atoms with Gasteiger partial charge in [0.25, 0.3) is 5.88 Å². The number of hydrogen-bond donors (Lipinski definition) is 1. The van der Waals surface area contributed by atoms with Crippen LogP contribution in [0.25, 0.3) is 0 Å². The van der Waals surface area contributed by atoms with Crippen LogP contribution in [0, 0.1) is 0 Å². The Morgan fingerprint density at radius 1 is 1.05 bits per heavy atom. The van der Waals surface area contributed by atoms with E-state index in [1.165, 1.54) is 0 Å². The van der Waals surface area contributed by atoms with Crippen LogP contribution >= 0.6 is 0 Å². The van der Waals surface area contributed by atoms with E-state index in [9.17, 15) is 0 Å². The molecule has 7 heteroatoms. The number of nitrogens with one attached hydrogen (secondary N) is 1. The SMILES string of the molecule is c1cncc(OCCOc2nccnc2N2CCNCC2)c1. The van der Waals surface area contributed by atoms with E-state index < -0.39 is 0 Å². The van der Waals surface area contributed by atoms with Gasteiger partial charge >= 0.3 is 0 Å². The molecular formula is C15H19N5O2. The highest BCUT2D eigenvalue weighted by Gasteiger charge is 2.17. The number of pyridine rings is 1. The van der Waals surface area contributed by atoms with Crippen molar-refractivity contribution in [1.29, 1.82) is 0 Å². The molecule has 7 nitrogen and oxygen atoms in total. The molecule has 1 saturated heterocycles. The molecular weight excluding hydrogens is 282 g/mol. The predicted molar refractivity (Wildman–Crippen MR) is 82.3 cm³/mol. The number of hydrogen-bond acceptors (Lipinski definition) is 7. The summed E-state index contributed by atoms with van der Waals surface area (Å²) in [6.45, 7) is 4.54. The molecule has 0 unspecified atom stereocenters. The first kappa shape index (κ1) is 14.5. The second-order valence-electron chi connectivity index (χ2n) is 4.81. The maximum absolute atomic E-state index is 5.73. The summed E-state index contributed by atoms with van der Waals surface area (Å²) in [5.41, 5.74) is 0. The minimum absolute atomic E-state index is 0.409. The highest BCUT2D eigenvalue weighted by atomic mass is 16.5. The number of aromatic nitrogens is 3. The molecule has 3 heterocycles. The van der Waals surface area contributed by atoms with Crippen LogP contribution in [0.4, 0.5) is 5.82 Å². The number of piperazine rings is 1. The van der Waals surface area contributed by atoms with Crippen LogP contribution < -0.4 is 19.7 Å². The van der Waals surface area contributed by atoms with Gasteiger partial charge in [-0.1, -0.05) is 0 Å². The van der Waals surface area contributed by atoms with E-state index in [-0.39, 0.29) is 0 Å². The van der Waals surface area contributed by atoms with E-state index in [1.54, 1.807) is 24.8 Å². The largest absolute Gasteiger partial charge is 0.488 e. The number of ether oxygens (including phenoxy) is 2. The molecule has 1 fully saturated rings. The Hall–Kier alpha value is -2.41. The highest BCUT2D eigenvalue weighted by molar-refractivity contribution is 5.48. The van der Waals surface area contributed by atoms with Gasteiger partial charge < -0.3 is 19.7 Å². The summed E-state index contributed by atoms with van der Waals surface area (Å²) < 4.78 is 11.3. The van der Waals surface area contributed by atoms with Crippen LogP contribution in [0.15, 0.2) is 36.9 Å². The van der Waals surface area contributed by atoms with Crippen molar-refractivity contribution in [2.75, 3.05) is 44.3 Å². The maximum Gasteiger partial charge on any atom is 0.257 e. The molecule has 0 bridgehead atoms. The average molecular weight is 301 g/mol. The molecule has 1 aliphatic heterocycles. The fourth-order valence-corrected chi connectivity index (χ4v) is 2.24. The van der Waals surface area contributed by atoms with Gasteiger partial charge in [-0.15, -0.1) is 0 Å². The topological polar surface area (TPSA) is 72.4 Å². The molecule has 1 aliphatic rings. The zero-order valence-electron chi connectivity index (χ0n) is 12.3. The van der Waals surface area contributed by atoms with Crippen molar-refractivity contribution >= 4 is 5.82 Å². The number of nitrogens with zero attached hydrogens (tertiary/aromatic N) is 4. The minimum Gasteiger partial charge on any atom is -0.488 e. The molecule has 0 spiro atoms. The van der Waals surface area contributed by atoms with Gasteiger partial charge in [-0.3, -0.25) is 4.98 Å². The van der Waals surface area contributed by atoms with Crippen molar-refractivity contribution in [3.63, 3.8) is 0 Å². The summed E-state index contributed by atoms with van der Waals surface area (Å²) in [6, 6.07) is 3.70. The quantitative estimate of drug-likeness (QED) is 0.789. The van der Waals surface area contributed by atoms with E-state index >= 15 is 0 Å². The van der Waals surface area contributed by atoms with Gasteiger partial charge in [-0.2, -0.15) is 0 Å². The molecule has 22 heavy (non-hydrogen) atoms. The van der Waals surface area contributed by atoms with Gasteiger partial charge in [0.1, 0.15) is 19.0 Å². The van der Waals surface area contributed by atoms with Crippen molar-refractivity contribution in [3.8, 4) is 11.6 Å². The van der Waals surface area contributed by atoms with Gasteiger partial charge in [0.15, 0.2) is 5.82 Å². The van der Waals surface area contributed by atoms with Crippen LogP contribution in [0.1, 0.15) is 0 Å². The molecule has 1 N–H and O–H groups in total. The lowest BCUT2D eigenvalue weighted by atomic mass is 10.3. The van der Waals surface area contributed by atoms with Gasteiger partial charge in [0.05, 0.1) is 6.20 Å². The molecule has 0 radical (unpaired) electrons. The fourth-order valence-electron chi connectivity index (χ4n) is 2.24. The zero-order chi connectivity index (χ0) is 15.0. The molecule has 0 atom stereocenters. The molecule has 0 amide bonds. The monoisotopic (exact) mass is 301 g/mol. The summed E-state index contributed by atoms with van der Waals surface area (Å²) >= 11 is 0. The van der Waals surface area contributed by atoms with Crippen LogP contribution in [0.2, 0.25) is 0 Å². The summed E-state index contributed by atoms with van der Waals surface area (Å²) in [5, 5.41) is 3.32. The Morgan fingerprint density at radius 3 is 2.68 bits per heavy atom. The van der Waals surface area contributed by atoms with Crippen LogP contribution in [-0.2, 0) is 0 Å². The van der Waals surface area contributed by atoms with Crippen LogP contribution in [0.3, 0.4) is 0 Å². The van der Waals surface area contributed by atoms with E-state index in [2.05, 4.69) is 25.2 Å². The number of anilines is 1. The summed E-state index contributed by atoms with van der Waals surface area (Å²) in [7, 11) is 0. The molecule has 0 aliphatic carbocycles. The van der Waals surface area contributed by atoms with Crippen molar-refractivity contribution in [3.05, 3.63) is 36.9 Å². The Balaban J connectivity index is 1.53. The molecule has 2 aromatic rings. The first-order valence-corrected chi connectivity index (χ1v) is 7.36. The maximum atomic E-state index is 5.73. The van der Waals surface area contributed by atoms with Gasteiger partial charge in [0.2, 0.25) is 0 Å². The predicted octanol–water partition coefficient (Wildman–Crippen LogP) is 0.739. The van der Waals surface area contributed by atoms with Crippen LogP contribution in [-0.4, -0.2) is 54.3 Å². The lowest BCUT2D eigenvalue weighted by Crippen LogP contribution is -2.44. The smallest absolute Gasteiger partial charge is 0.257 e. The first-order valence-electron chi connectivity index (χ1n) is 7.36. The molecule has 2 aromatic heterocycles. The Labute approximate surface area is 129 Å². The van der Waals surface area contributed by atoms with Crippen LogP contribution in [0.5, 0.6) is 11.6 Å². The number of rotatable bonds is 6. The van der Waals surface area contributed by atoms with E-state index in [1.807, 2.05) is 12.1 Å². The lowest BCUT2D eigenvalue weighted by molar-refractivity contribution is 0.211. The van der Waals surface area contributed by atoms with Crippen molar-refractivity contribution in [1.82, 2.24) is 20.3 Å². The molecule has 0 aromatic carbocycles. The van der Waals surface area contributed by atoms with Crippen molar-refractivity contribution in [2.24, 2.45) is 0 Å². The van der Waals surface area contributed by atoms with Crippen molar-refractivity contribution < 1.29 is 9.47 Å². The summed E-state index contributed by atoms with van der Waals surface area (Å²) in [5.74, 6) is 2.08. The third kappa shape index (κ3) is 3.82. The normalized spacial score (nSPS) is 14.6. The Bertz CT molecular complexity index is 575. The average Bonchev–Trinajstić information content (AvgIpc) is 2.61.